The Balaban J connectivity index is 2.33. The summed E-state index contributed by atoms with van der Waals surface area (Å²) in [6.45, 7) is 2.74. The van der Waals surface area contributed by atoms with Gasteiger partial charge in [-0.3, -0.25) is 4.79 Å². The van der Waals surface area contributed by atoms with Gasteiger partial charge in [-0.05, 0) is 19.8 Å². The molecule has 0 saturated carbocycles. The smallest absolute Gasteiger partial charge is 0.407 e. The minimum absolute atomic E-state index is 0.126. The highest BCUT2D eigenvalue weighted by molar-refractivity contribution is 5.86. The van der Waals surface area contributed by atoms with Gasteiger partial charge in [0.15, 0.2) is 0 Å². The fourth-order valence-corrected chi connectivity index (χ4v) is 1.22. The number of carbonyl (C=O) groups is 2. The fourth-order valence-electron chi connectivity index (χ4n) is 1.22. The van der Waals surface area contributed by atoms with Gasteiger partial charge in [-0.15, -0.1) is 0 Å². The Bertz CT molecular complexity index is 206. The summed E-state index contributed by atoms with van der Waals surface area (Å²) >= 11 is 0. The standard InChI is InChI=1S/C8H14N2O3/c1-2-13-8(12)10-6-4-3-5-9-7(6)11/h6H,2-5H2,1H3,(H,9,11)(H,10,12). The van der Waals surface area contributed by atoms with Crippen molar-refractivity contribution in [3.8, 4) is 0 Å². The van der Waals surface area contributed by atoms with Crippen molar-refractivity contribution in [1.82, 2.24) is 10.6 Å². The first-order chi connectivity index (χ1) is 6.24. The summed E-state index contributed by atoms with van der Waals surface area (Å²) in [5, 5.41) is 5.17. The Morgan fingerprint density at radius 1 is 1.77 bits per heavy atom. The van der Waals surface area contributed by atoms with Gasteiger partial charge in [0.1, 0.15) is 6.04 Å². The second kappa shape index (κ2) is 4.69. The lowest BCUT2D eigenvalue weighted by Crippen LogP contribution is -2.50. The molecule has 0 radical (unpaired) electrons. The van der Waals surface area contributed by atoms with Gasteiger partial charge in [-0.1, -0.05) is 0 Å². The SMILES string of the molecule is CCOC(=O)NC1CCCNC1=O. The zero-order chi connectivity index (χ0) is 9.68. The van der Waals surface area contributed by atoms with Gasteiger partial charge in [0.05, 0.1) is 6.61 Å². The maximum atomic E-state index is 11.2. The van der Waals surface area contributed by atoms with E-state index in [2.05, 4.69) is 15.4 Å². The first-order valence-electron chi connectivity index (χ1n) is 4.45. The normalized spacial score (nSPS) is 21.9. The van der Waals surface area contributed by atoms with Crippen molar-refractivity contribution in [2.75, 3.05) is 13.2 Å². The van der Waals surface area contributed by atoms with E-state index in [0.29, 0.717) is 19.6 Å². The summed E-state index contributed by atoms with van der Waals surface area (Å²) in [6.07, 6.45) is 1.05. The first kappa shape index (κ1) is 9.83. The van der Waals surface area contributed by atoms with Crippen LogP contribution in [0.1, 0.15) is 19.8 Å². The number of carbonyl (C=O) groups excluding carboxylic acids is 2. The van der Waals surface area contributed by atoms with Crippen LogP contribution in [-0.4, -0.2) is 31.2 Å². The van der Waals surface area contributed by atoms with Gasteiger partial charge in [0.2, 0.25) is 5.91 Å². The van der Waals surface area contributed by atoms with Gasteiger partial charge in [-0.2, -0.15) is 0 Å². The fraction of sp³-hybridized carbons (Fsp3) is 0.750. The van der Waals surface area contributed by atoms with Crippen LogP contribution in [0.4, 0.5) is 4.79 Å². The molecule has 1 atom stereocenters. The Morgan fingerprint density at radius 3 is 3.15 bits per heavy atom. The molecule has 2 N–H and O–H groups in total. The molecule has 0 aliphatic carbocycles. The van der Waals surface area contributed by atoms with Crippen LogP contribution in [-0.2, 0) is 9.53 Å². The van der Waals surface area contributed by atoms with Crippen LogP contribution in [0.5, 0.6) is 0 Å². The van der Waals surface area contributed by atoms with Crippen molar-refractivity contribution in [1.29, 1.82) is 0 Å². The third-order valence-electron chi connectivity index (χ3n) is 1.85. The molecule has 2 amide bonds. The van der Waals surface area contributed by atoms with Crippen molar-refractivity contribution in [3.63, 3.8) is 0 Å². The third kappa shape index (κ3) is 2.93. The van der Waals surface area contributed by atoms with Gasteiger partial charge in [0.25, 0.3) is 0 Å². The molecule has 13 heavy (non-hydrogen) atoms. The highest BCUT2D eigenvalue weighted by atomic mass is 16.5. The predicted octanol–water partition coefficient (Wildman–Crippen LogP) is 0.0111. The zero-order valence-electron chi connectivity index (χ0n) is 7.63. The minimum atomic E-state index is -0.524. The molecule has 74 valence electrons. The van der Waals surface area contributed by atoms with E-state index in [9.17, 15) is 9.59 Å². The van der Waals surface area contributed by atoms with Gasteiger partial charge in [-0.25, -0.2) is 4.79 Å². The first-order valence-corrected chi connectivity index (χ1v) is 4.45. The quantitative estimate of drug-likeness (QED) is 0.638. The number of piperidine rings is 1. The Morgan fingerprint density at radius 2 is 2.54 bits per heavy atom. The number of rotatable bonds is 2. The molecule has 1 aliphatic heterocycles. The highest BCUT2D eigenvalue weighted by Crippen LogP contribution is 2.02. The number of alkyl carbamates (subject to hydrolysis) is 1. The Hall–Kier alpha value is -1.26. The molecule has 0 spiro atoms. The molecular weight excluding hydrogens is 172 g/mol. The van der Waals surface area contributed by atoms with E-state index in [1.165, 1.54) is 0 Å². The van der Waals surface area contributed by atoms with Crippen molar-refractivity contribution >= 4 is 12.0 Å². The van der Waals surface area contributed by atoms with Crippen molar-refractivity contribution < 1.29 is 14.3 Å². The van der Waals surface area contributed by atoms with E-state index in [0.717, 1.165) is 6.42 Å². The maximum Gasteiger partial charge on any atom is 0.407 e. The number of amides is 2. The van der Waals surface area contributed by atoms with E-state index >= 15 is 0 Å². The molecule has 1 unspecified atom stereocenters. The lowest BCUT2D eigenvalue weighted by molar-refractivity contribution is -0.124. The number of nitrogens with one attached hydrogen (secondary N) is 2. The summed E-state index contributed by atoms with van der Waals surface area (Å²) in [5.74, 6) is -0.126. The Labute approximate surface area is 76.8 Å². The van der Waals surface area contributed by atoms with Gasteiger partial charge < -0.3 is 15.4 Å². The summed E-state index contributed by atoms with van der Waals surface area (Å²) in [5.41, 5.74) is 0. The van der Waals surface area contributed by atoms with E-state index in [4.69, 9.17) is 0 Å². The summed E-state index contributed by atoms with van der Waals surface area (Å²) in [7, 11) is 0. The van der Waals surface area contributed by atoms with Crippen molar-refractivity contribution in [2.45, 2.75) is 25.8 Å². The molecular formula is C8H14N2O3. The van der Waals surface area contributed by atoms with Crippen LogP contribution in [0.15, 0.2) is 0 Å². The molecule has 0 aromatic heterocycles. The molecule has 1 saturated heterocycles. The summed E-state index contributed by atoms with van der Waals surface area (Å²) in [6, 6.07) is -0.423. The monoisotopic (exact) mass is 186 g/mol. The lowest BCUT2D eigenvalue weighted by atomic mass is 10.1. The van der Waals surface area contributed by atoms with E-state index in [1.54, 1.807) is 6.92 Å². The molecule has 0 bridgehead atoms. The summed E-state index contributed by atoms with van der Waals surface area (Å²) < 4.78 is 4.66. The predicted molar refractivity (Wildman–Crippen MR) is 46.2 cm³/mol. The average molecular weight is 186 g/mol. The number of hydrogen-bond acceptors (Lipinski definition) is 3. The van der Waals surface area contributed by atoms with Gasteiger partial charge >= 0.3 is 6.09 Å². The second-order valence-corrected chi connectivity index (χ2v) is 2.85. The topological polar surface area (TPSA) is 67.4 Å². The molecule has 5 nitrogen and oxygen atoms in total. The van der Waals surface area contributed by atoms with E-state index in [1.807, 2.05) is 0 Å². The van der Waals surface area contributed by atoms with Crippen LogP contribution < -0.4 is 10.6 Å². The zero-order valence-corrected chi connectivity index (χ0v) is 7.63. The molecule has 1 heterocycles. The molecule has 1 aliphatic rings. The maximum absolute atomic E-state index is 11.2. The van der Waals surface area contributed by atoms with Crippen LogP contribution >= 0.6 is 0 Å². The molecule has 0 aromatic rings. The molecule has 1 fully saturated rings. The highest BCUT2D eigenvalue weighted by Gasteiger charge is 2.23. The van der Waals surface area contributed by atoms with Crippen LogP contribution in [0.3, 0.4) is 0 Å². The van der Waals surface area contributed by atoms with Crippen LogP contribution in [0.2, 0.25) is 0 Å². The average Bonchev–Trinajstić information content (AvgIpc) is 2.09. The van der Waals surface area contributed by atoms with Crippen molar-refractivity contribution in [3.05, 3.63) is 0 Å². The Kier molecular flexibility index (Phi) is 3.54. The molecule has 5 heteroatoms. The largest absolute Gasteiger partial charge is 0.450 e. The van der Waals surface area contributed by atoms with E-state index in [-0.39, 0.29) is 5.91 Å². The third-order valence-corrected chi connectivity index (χ3v) is 1.85. The number of hydrogen-bond donors (Lipinski definition) is 2. The lowest BCUT2D eigenvalue weighted by Gasteiger charge is -2.22. The van der Waals surface area contributed by atoms with E-state index < -0.39 is 12.1 Å². The number of ether oxygens (including phenoxy) is 1. The van der Waals surface area contributed by atoms with Crippen LogP contribution in [0.25, 0.3) is 0 Å². The molecule has 0 aromatic carbocycles. The van der Waals surface area contributed by atoms with Crippen molar-refractivity contribution in [2.24, 2.45) is 0 Å². The van der Waals surface area contributed by atoms with Gasteiger partial charge in [0, 0.05) is 6.54 Å². The summed E-state index contributed by atoms with van der Waals surface area (Å²) in [4.78, 5) is 22.1. The molecule has 1 rings (SSSR count). The minimum Gasteiger partial charge on any atom is -0.450 e. The second-order valence-electron chi connectivity index (χ2n) is 2.85. The van der Waals surface area contributed by atoms with Crippen LogP contribution in [0, 0.1) is 0 Å².